The third-order valence-corrected chi connectivity index (χ3v) is 5.79. The zero-order chi connectivity index (χ0) is 21.8. The fourth-order valence-electron chi connectivity index (χ4n) is 3.09. The van der Waals surface area contributed by atoms with E-state index in [0.717, 1.165) is 0 Å². The minimum absolute atomic E-state index is 0.0923. The highest BCUT2D eigenvalue weighted by Gasteiger charge is 2.16. The second kappa shape index (κ2) is 9.32. The molecule has 0 saturated carbocycles. The van der Waals surface area contributed by atoms with Crippen LogP contribution in [-0.4, -0.2) is 30.6 Å². The minimum atomic E-state index is -0.193. The lowest BCUT2D eigenvalue weighted by Crippen LogP contribution is -2.17. The number of aromatic amines is 1. The Kier molecular flexibility index (Phi) is 6.34. The molecule has 0 aliphatic heterocycles. The first-order valence-corrected chi connectivity index (χ1v) is 11.0. The number of fused-ring (bicyclic) bond motifs is 1. The summed E-state index contributed by atoms with van der Waals surface area (Å²) in [6.07, 6.45) is 0.0923. The number of amides is 1. The first kappa shape index (κ1) is 21.1. The van der Waals surface area contributed by atoms with E-state index in [4.69, 9.17) is 11.6 Å². The van der Waals surface area contributed by atoms with Crippen LogP contribution in [0.1, 0.15) is 18.6 Å². The van der Waals surface area contributed by atoms with Gasteiger partial charge in [0.15, 0.2) is 5.16 Å². The maximum atomic E-state index is 12.4. The molecule has 0 bridgehead atoms. The molecule has 0 spiro atoms. The van der Waals surface area contributed by atoms with Crippen LogP contribution in [0.3, 0.4) is 0 Å². The van der Waals surface area contributed by atoms with Crippen molar-refractivity contribution in [1.82, 2.24) is 24.7 Å². The number of nitrogens with zero attached hydrogens (tertiary/aromatic N) is 4. The molecule has 2 heterocycles. The summed E-state index contributed by atoms with van der Waals surface area (Å²) in [7, 11) is 0. The number of thioether (sulfide) groups is 1. The van der Waals surface area contributed by atoms with Crippen molar-refractivity contribution < 1.29 is 4.79 Å². The lowest BCUT2D eigenvalue weighted by Gasteiger charge is -2.08. The van der Waals surface area contributed by atoms with Crippen molar-refractivity contribution >= 4 is 45.9 Å². The van der Waals surface area contributed by atoms with Crippen LogP contribution in [0.2, 0.25) is 5.02 Å². The molecule has 2 N–H and O–H groups in total. The van der Waals surface area contributed by atoms with Gasteiger partial charge in [-0.25, -0.2) is 4.98 Å². The normalized spacial score (nSPS) is 11.0. The van der Waals surface area contributed by atoms with E-state index < -0.39 is 0 Å². The summed E-state index contributed by atoms with van der Waals surface area (Å²) in [6, 6.07) is 14.1. The fraction of sp³-hybridized carbons (Fsp3) is 0.190. The summed E-state index contributed by atoms with van der Waals surface area (Å²) >= 11 is 7.28. The number of carbonyl (C=O) groups is 1. The molecule has 0 aliphatic rings. The van der Waals surface area contributed by atoms with Crippen LogP contribution in [0.5, 0.6) is 0 Å². The summed E-state index contributed by atoms with van der Waals surface area (Å²) in [5.41, 5.74) is 1.15. The van der Waals surface area contributed by atoms with Crippen molar-refractivity contribution in [3.05, 3.63) is 75.6 Å². The van der Waals surface area contributed by atoms with Crippen molar-refractivity contribution in [2.24, 2.45) is 0 Å². The predicted octanol–water partition coefficient (Wildman–Crippen LogP) is 3.66. The number of anilines is 1. The molecular weight excluding hydrogens is 436 g/mol. The molecule has 0 atom stereocenters. The molecule has 0 saturated heterocycles. The molecule has 0 unspecified atom stereocenters. The standard InChI is InChI=1S/C21H19ClN6O2S/c1-2-28-18(11-19(29)23-14-9-7-13(22)8-10-14)26-27-21(28)31-12-17-24-16-6-4-3-5-15(16)20(30)25-17/h3-10H,2,11-12H2,1H3,(H,23,29)(H,24,25,30). The summed E-state index contributed by atoms with van der Waals surface area (Å²) < 4.78 is 1.88. The highest BCUT2D eigenvalue weighted by molar-refractivity contribution is 7.98. The number of hydrogen-bond donors (Lipinski definition) is 2. The van der Waals surface area contributed by atoms with Gasteiger partial charge in [0.1, 0.15) is 11.6 Å². The van der Waals surface area contributed by atoms with Gasteiger partial charge in [-0.2, -0.15) is 0 Å². The Balaban J connectivity index is 1.45. The van der Waals surface area contributed by atoms with E-state index in [1.165, 1.54) is 11.8 Å². The summed E-state index contributed by atoms with van der Waals surface area (Å²) in [5.74, 6) is 1.36. The van der Waals surface area contributed by atoms with E-state index in [-0.39, 0.29) is 17.9 Å². The van der Waals surface area contributed by atoms with Gasteiger partial charge in [0, 0.05) is 17.3 Å². The molecule has 4 rings (SSSR count). The second-order valence-corrected chi connectivity index (χ2v) is 8.07. The van der Waals surface area contributed by atoms with Crippen LogP contribution in [-0.2, 0) is 23.5 Å². The Morgan fingerprint density at radius 3 is 2.71 bits per heavy atom. The van der Waals surface area contributed by atoms with Crippen LogP contribution < -0.4 is 10.9 Å². The number of hydrogen-bond acceptors (Lipinski definition) is 6. The van der Waals surface area contributed by atoms with E-state index in [1.54, 1.807) is 30.3 Å². The lowest BCUT2D eigenvalue weighted by molar-refractivity contribution is -0.115. The van der Waals surface area contributed by atoms with Crippen LogP contribution in [0.25, 0.3) is 10.9 Å². The Labute approximate surface area is 187 Å². The van der Waals surface area contributed by atoms with Crippen LogP contribution in [0, 0.1) is 0 Å². The first-order chi connectivity index (χ1) is 15.0. The number of H-pyrrole nitrogens is 1. The van der Waals surface area contributed by atoms with Gasteiger partial charge in [-0.1, -0.05) is 35.5 Å². The van der Waals surface area contributed by atoms with Crippen LogP contribution >= 0.6 is 23.4 Å². The van der Waals surface area contributed by atoms with Gasteiger partial charge >= 0.3 is 0 Å². The lowest BCUT2D eigenvalue weighted by atomic mass is 10.2. The zero-order valence-electron chi connectivity index (χ0n) is 16.6. The number of benzene rings is 2. The Bertz CT molecular complexity index is 1290. The number of para-hydroxylation sites is 1. The van der Waals surface area contributed by atoms with Crippen LogP contribution in [0.4, 0.5) is 5.69 Å². The summed E-state index contributed by atoms with van der Waals surface area (Å²) in [6.45, 7) is 2.57. The third kappa shape index (κ3) is 4.95. The van der Waals surface area contributed by atoms with Gasteiger partial charge in [-0.15, -0.1) is 10.2 Å². The number of halogens is 1. The molecule has 2 aromatic heterocycles. The van der Waals surface area contributed by atoms with Crippen molar-refractivity contribution in [2.45, 2.75) is 30.8 Å². The van der Waals surface area contributed by atoms with E-state index >= 15 is 0 Å². The van der Waals surface area contributed by atoms with Gasteiger partial charge in [-0.3, -0.25) is 9.59 Å². The highest BCUT2D eigenvalue weighted by Crippen LogP contribution is 2.21. The average Bonchev–Trinajstić information content (AvgIpc) is 3.15. The molecule has 2 aromatic carbocycles. The zero-order valence-corrected chi connectivity index (χ0v) is 18.2. The predicted molar refractivity (Wildman–Crippen MR) is 121 cm³/mol. The quantitative estimate of drug-likeness (QED) is 0.413. The SMILES string of the molecule is CCn1c(CC(=O)Nc2ccc(Cl)cc2)nnc1SCc1nc2ccccc2c(=O)[nH]1. The maximum Gasteiger partial charge on any atom is 0.258 e. The van der Waals surface area contributed by atoms with E-state index in [0.29, 0.717) is 50.7 Å². The van der Waals surface area contributed by atoms with Crippen LogP contribution in [0.15, 0.2) is 58.5 Å². The van der Waals surface area contributed by atoms with Crippen molar-refractivity contribution in [1.29, 1.82) is 0 Å². The Morgan fingerprint density at radius 1 is 1.16 bits per heavy atom. The third-order valence-electron chi connectivity index (χ3n) is 4.56. The van der Waals surface area contributed by atoms with Gasteiger partial charge in [0.25, 0.3) is 5.56 Å². The minimum Gasteiger partial charge on any atom is -0.326 e. The summed E-state index contributed by atoms with van der Waals surface area (Å²) in [4.78, 5) is 32.0. The van der Waals surface area contributed by atoms with Gasteiger partial charge in [0.05, 0.1) is 23.1 Å². The molecule has 0 fully saturated rings. The summed E-state index contributed by atoms with van der Waals surface area (Å²) in [5, 5.41) is 13.0. The largest absolute Gasteiger partial charge is 0.326 e. The Hall–Kier alpha value is -3.17. The molecule has 158 valence electrons. The van der Waals surface area contributed by atoms with E-state index in [9.17, 15) is 9.59 Å². The van der Waals surface area contributed by atoms with Crippen molar-refractivity contribution in [3.63, 3.8) is 0 Å². The number of aromatic nitrogens is 5. The number of rotatable bonds is 7. The van der Waals surface area contributed by atoms with Gasteiger partial charge in [-0.05, 0) is 43.3 Å². The van der Waals surface area contributed by atoms with Crippen molar-refractivity contribution in [2.75, 3.05) is 5.32 Å². The molecular formula is C21H19ClN6O2S. The smallest absolute Gasteiger partial charge is 0.258 e. The molecule has 31 heavy (non-hydrogen) atoms. The number of carbonyl (C=O) groups excluding carboxylic acids is 1. The molecule has 4 aromatic rings. The molecule has 8 nitrogen and oxygen atoms in total. The average molecular weight is 455 g/mol. The first-order valence-electron chi connectivity index (χ1n) is 9.61. The van der Waals surface area contributed by atoms with E-state index in [1.807, 2.05) is 29.7 Å². The monoisotopic (exact) mass is 454 g/mol. The fourth-order valence-corrected chi connectivity index (χ4v) is 4.11. The maximum absolute atomic E-state index is 12.4. The highest BCUT2D eigenvalue weighted by atomic mass is 35.5. The van der Waals surface area contributed by atoms with Gasteiger partial charge in [0.2, 0.25) is 5.91 Å². The molecule has 0 radical (unpaired) electrons. The van der Waals surface area contributed by atoms with Crippen molar-refractivity contribution in [3.8, 4) is 0 Å². The topological polar surface area (TPSA) is 106 Å². The van der Waals surface area contributed by atoms with E-state index in [2.05, 4.69) is 25.5 Å². The molecule has 10 heteroatoms. The Morgan fingerprint density at radius 2 is 1.94 bits per heavy atom. The van der Waals surface area contributed by atoms with Gasteiger partial charge < -0.3 is 14.9 Å². The molecule has 0 aliphatic carbocycles. The number of nitrogens with one attached hydrogen (secondary N) is 2. The molecule has 1 amide bonds. The second-order valence-electron chi connectivity index (χ2n) is 6.69.